The summed E-state index contributed by atoms with van der Waals surface area (Å²) in [5, 5.41) is 9.96. The molecule has 0 spiro atoms. The third-order valence-electron chi connectivity index (χ3n) is 2.94. The topological polar surface area (TPSA) is 83.6 Å². The Hall–Kier alpha value is -2.24. The van der Waals surface area contributed by atoms with Crippen LogP contribution >= 0.6 is 0 Å². The standard InChI is InChI=1S/C14H19N5O/c1-4-13-15-7-11(8-16-13)14(20)17-9(2)5-12-6-10(3)18-19-12/h6-9H,4-5H2,1-3H3,(H,17,20)(H,18,19)/t9-/m0/s1. The third kappa shape index (κ3) is 3.63. The summed E-state index contributed by atoms with van der Waals surface area (Å²) in [4.78, 5) is 20.3. The molecule has 0 aromatic carbocycles. The Kier molecular flexibility index (Phi) is 4.45. The number of hydrogen-bond acceptors (Lipinski definition) is 4. The van der Waals surface area contributed by atoms with Gasteiger partial charge in [0.15, 0.2) is 0 Å². The second-order valence-corrected chi connectivity index (χ2v) is 4.86. The Morgan fingerprint density at radius 3 is 2.65 bits per heavy atom. The summed E-state index contributed by atoms with van der Waals surface area (Å²) in [5.74, 6) is 0.578. The molecule has 106 valence electrons. The fourth-order valence-corrected chi connectivity index (χ4v) is 1.91. The lowest BCUT2D eigenvalue weighted by molar-refractivity contribution is 0.0939. The van der Waals surface area contributed by atoms with Gasteiger partial charge in [0, 0.05) is 37.0 Å². The first-order valence-electron chi connectivity index (χ1n) is 6.71. The number of H-pyrrole nitrogens is 1. The van der Waals surface area contributed by atoms with Gasteiger partial charge in [-0.3, -0.25) is 9.89 Å². The van der Waals surface area contributed by atoms with Crippen LogP contribution in [0.4, 0.5) is 0 Å². The fourth-order valence-electron chi connectivity index (χ4n) is 1.91. The minimum atomic E-state index is -0.160. The van der Waals surface area contributed by atoms with Crippen molar-refractivity contribution in [3.8, 4) is 0 Å². The van der Waals surface area contributed by atoms with Gasteiger partial charge >= 0.3 is 0 Å². The summed E-state index contributed by atoms with van der Waals surface area (Å²) in [6.07, 6.45) is 4.57. The fraction of sp³-hybridized carbons (Fsp3) is 0.429. The molecule has 2 heterocycles. The van der Waals surface area contributed by atoms with Gasteiger partial charge in [-0.2, -0.15) is 5.10 Å². The molecular weight excluding hydrogens is 254 g/mol. The molecule has 2 N–H and O–H groups in total. The van der Waals surface area contributed by atoms with E-state index in [1.54, 1.807) is 12.4 Å². The van der Waals surface area contributed by atoms with E-state index in [1.807, 2.05) is 26.8 Å². The molecule has 0 radical (unpaired) electrons. The van der Waals surface area contributed by atoms with Crippen LogP contribution in [0.15, 0.2) is 18.5 Å². The Morgan fingerprint density at radius 1 is 1.40 bits per heavy atom. The molecule has 0 saturated carbocycles. The molecule has 0 aliphatic carbocycles. The largest absolute Gasteiger partial charge is 0.349 e. The molecule has 2 aromatic heterocycles. The lowest BCUT2D eigenvalue weighted by Gasteiger charge is -2.12. The number of rotatable bonds is 5. The molecule has 20 heavy (non-hydrogen) atoms. The predicted octanol–water partition coefficient (Wildman–Crippen LogP) is 1.43. The number of nitrogens with one attached hydrogen (secondary N) is 2. The van der Waals surface area contributed by atoms with Crippen molar-refractivity contribution in [2.24, 2.45) is 0 Å². The first kappa shape index (κ1) is 14.2. The van der Waals surface area contributed by atoms with Gasteiger partial charge < -0.3 is 5.32 Å². The van der Waals surface area contributed by atoms with E-state index in [0.717, 1.165) is 23.6 Å². The van der Waals surface area contributed by atoms with Crippen molar-refractivity contribution < 1.29 is 4.79 Å². The van der Waals surface area contributed by atoms with Crippen LogP contribution in [-0.2, 0) is 12.8 Å². The molecule has 2 rings (SSSR count). The van der Waals surface area contributed by atoms with E-state index in [0.29, 0.717) is 12.0 Å². The molecule has 6 heteroatoms. The van der Waals surface area contributed by atoms with Crippen molar-refractivity contribution in [1.29, 1.82) is 0 Å². The van der Waals surface area contributed by atoms with E-state index in [1.165, 1.54) is 0 Å². The molecule has 0 aliphatic heterocycles. The first-order chi connectivity index (χ1) is 9.58. The van der Waals surface area contributed by atoms with Crippen molar-refractivity contribution >= 4 is 5.91 Å². The zero-order valence-corrected chi connectivity index (χ0v) is 12.0. The zero-order valence-electron chi connectivity index (χ0n) is 12.0. The molecule has 1 atom stereocenters. The van der Waals surface area contributed by atoms with Crippen LogP contribution in [0, 0.1) is 6.92 Å². The second kappa shape index (κ2) is 6.27. The number of hydrogen-bond donors (Lipinski definition) is 2. The van der Waals surface area contributed by atoms with Gasteiger partial charge in [-0.15, -0.1) is 0 Å². The van der Waals surface area contributed by atoms with Crippen molar-refractivity contribution in [1.82, 2.24) is 25.5 Å². The molecule has 2 aromatic rings. The van der Waals surface area contributed by atoms with Crippen molar-refractivity contribution in [2.45, 2.75) is 39.7 Å². The number of nitrogens with zero attached hydrogens (tertiary/aromatic N) is 3. The number of aromatic nitrogens is 4. The molecule has 0 fully saturated rings. The summed E-state index contributed by atoms with van der Waals surface area (Å²) in [7, 11) is 0. The summed E-state index contributed by atoms with van der Waals surface area (Å²) in [6, 6.07) is 1.97. The first-order valence-corrected chi connectivity index (χ1v) is 6.71. The Morgan fingerprint density at radius 2 is 2.10 bits per heavy atom. The average Bonchev–Trinajstić information content (AvgIpc) is 2.84. The lowest BCUT2D eigenvalue weighted by Crippen LogP contribution is -2.34. The maximum Gasteiger partial charge on any atom is 0.254 e. The smallest absolute Gasteiger partial charge is 0.254 e. The van der Waals surface area contributed by atoms with E-state index in [4.69, 9.17) is 0 Å². The second-order valence-electron chi connectivity index (χ2n) is 4.86. The van der Waals surface area contributed by atoms with Gasteiger partial charge in [0.25, 0.3) is 5.91 Å². The summed E-state index contributed by atoms with van der Waals surface area (Å²) >= 11 is 0. The lowest BCUT2D eigenvalue weighted by atomic mass is 10.1. The minimum absolute atomic E-state index is 0.00366. The normalized spacial score (nSPS) is 12.2. The Bertz CT molecular complexity index is 576. The highest BCUT2D eigenvalue weighted by molar-refractivity contribution is 5.93. The molecule has 0 unspecified atom stereocenters. The van der Waals surface area contributed by atoms with Crippen LogP contribution in [0.3, 0.4) is 0 Å². The Labute approximate surface area is 118 Å². The molecule has 6 nitrogen and oxygen atoms in total. The van der Waals surface area contributed by atoms with E-state index in [9.17, 15) is 4.79 Å². The monoisotopic (exact) mass is 273 g/mol. The third-order valence-corrected chi connectivity index (χ3v) is 2.94. The van der Waals surface area contributed by atoms with Gasteiger partial charge in [-0.05, 0) is 19.9 Å². The van der Waals surface area contributed by atoms with Crippen LogP contribution in [0.5, 0.6) is 0 Å². The molecule has 0 saturated heterocycles. The molecule has 0 aliphatic rings. The van der Waals surface area contributed by atoms with E-state index >= 15 is 0 Å². The van der Waals surface area contributed by atoms with E-state index < -0.39 is 0 Å². The maximum absolute atomic E-state index is 12.0. The van der Waals surface area contributed by atoms with Crippen LogP contribution in [0.25, 0.3) is 0 Å². The van der Waals surface area contributed by atoms with E-state index in [-0.39, 0.29) is 11.9 Å². The molecular formula is C14H19N5O. The minimum Gasteiger partial charge on any atom is -0.349 e. The number of amides is 1. The SMILES string of the molecule is CCc1ncc(C(=O)N[C@@H](C)Cc2cc(C)[nH]n2)cn1. The highest BCUT2D eigenvalue weighted by atomic mass is 16.1. The molecule has 0 bridgehead atoms. The summed E-state index contributed by atoms with van der Waals surface area (Å²) in [6.45, 7) is 5.87. The molecule has 1 amide bonds. The van der Waals surface area contributed by atoms with Crippen molar-refractivity contribution in [2.75, 3.05) is 0 Å². The van der Waals surface area contributed by atoms with Gasteiger partial charge in [0.05, 0.1) is 11.3 Å². The van der Waals surface area contributed by atoms with Gasteiger partial charge in [0.1, 0.15) is 5.82 Å². The Balaban J connectivity index is 1.92. The van der Waals surface area contributed by atoms with Crippen molar-refractivity contribution in [3.05, 3.63) is 41.2 Å². The van der Waals surface area contributed by atoms with Crippen molar-refractivity contribution in [3.63, 3.8) is 0 Å². The van der Waals surface area contributed by atoms with Crippen LogP contribution < -0.4 is 5.32 Å². The van der Waals surface area contributed by atoms with Crippen LogP contribution in [-0.4, -0.2) is 32.1 Å². The van der Waals surface area contributed by atoms with Crippen LogP contribution in [0.2, 0.25) is 0 Å². The number of carbonyl (C=O) groups is 1. The predicted molar refractivity (Wildman–Crippen MR) is 75.4 cm³/mol. The number of aryl methyl sites for hydroxylation is 2. The zero-order chi connectivity index (χ0) is 14.5. The highest BCUT2D eigenvalue weighted by Crippen LogP contribution is 2.03. The summed E-state index contributed by atoms with van der Waals surface area (Å²) in [5.41, 5.74) is 2.43. The quantitative estimate of drug-likeness (QED) is 0.863. The number of aromatic amines is 1. The van der Waals surface area contributed by atoms with Crippen LogP contribution in [0.1, 0.15) is 41.4 Å². The van der Waals surface area contributed by atoms with Gasteiger partial charge in [0.2, 0.25) is 0 Å². The number of carbonyl (C=O) groups excluding carboxylic acids is 1. The van der Waals surface area contributed by atoms with Gasteiger partial charge in [-0.1, -0.05) is 6.92 Å². The summed E-state index contributed by atoms with van der Waals surface area (Å²) < 4.78 is 0. The average molecular weight is 273 g/mol. The maximum atomic E-state index is 12.0. The highest BCUT2D eigenvalue weighted by Gasteiger charge is 2.12. The van der Waals surface area contributed by atoms with E-state index in [2.05, 4.69) is 25.5 Å². The van der Waals surface area contributed by atoms with Gasteiger partial charge in [-0.25, -0.2) is 9.97 Å².